The average molecular weight is 498 g/mol. The maximum absolute atomic E-state index is 13.6. The Hall–Kier alpha value is -3.83. The molecule has 0 saturated heterocycles. The van der Waals surface area contributed by atoms with E-state index >= 15 is 0 Å². The summed E-state index contributed by atoms with van der Waals surface area (Å²) in [7, 11) is 1.61. The molecule has 0 saturated carbocycles. The number of carbonyl (C=O) groups is 1. The van der Waals surface area contributed by atoms with Crippen LogP contribution in [-0.4, -0.2) is 13.0 Å². The molecule has 1 amide bonds. The number of methoxy groups -OCH3 is 1. The highest BCUT2D eigenvalue weighted by Gasteiger charge is 2.32. The van der Waals surface area contributed by atoms with E-state index in [2.05, 4.69) is 15.9 Å². The first-order valence-electron chi connectivity index (χ1n) is 10.5. The van der Waals surface area contributed by atoms with Crippen molar-refractivity contribution >= 4 is 39.3 Å². The molecule has 1 aromatic heterocycles. The number of para-hydroxylation sites is 2. The van der Waals surface area contributed by atoms with Gasteiger partial charge in [-0.3, -0.25) is 9.69 Å². The van der Waals surface area contributed by atoms with E-state index < -0.39 is 0 Å². The van der Waals surface area contributed by atoms with Crippen molar-refractivity contribution in [1.29, 1.82) is 0 Å². The minimum Gasteiger partial charge on any atom is -0.495 e. The summed E-state index contributed by atoms with van der Waals surface area (Å²) in [6.07, 6.45) is 3.68. The molecule has 0 spiro atoms. The predicted molar refractivity (Wildman–Crippen MR) is 135 cm³/mol. The van der Waals surface area contributed by atoms with Gasteiger partial charge in [0.25, 0.3) is 5.91 Å². The summed E-state index contributed by atoms with van der Waals surface area (Å²) in [5.74, 6) is 1.85. The molecule has 2 heterocycles. The van der Waals surface area contributed by atoms with E-state index in [1.807, 2.05) is 97.1 Å². The molecule has 1 aliphatic heterocycles. The van der Waals surface area contributed by atoms with E-state index in [0.717, 1.165) is 27.1 Å². The molecule has 3 aromatic carbocycles. The highest BCUT2D eigenvalue weighted by Crippen LogP contribution is 2.39. The molecular formula is C28H20BrNO3. The maximum atomic E-state index is 13.6. The Morgan fingerprint density at radius 1 is 0.848 bits per heavy atom. The monoisotopic (exact) mass is 497 g/mol. The van der Waals surface area contributed by atoms with Crippen LogP contribution < -0.4 is 9.64 Å². The second-order valence-electron chi connectivity index (χ2n) is 7.52. The second kappa shape index (κ2) is 8.96. The summed E-state index contributed by atoms with van der Waals surface area (Å²) in [6.45, 7) is 0. The molecule has 4 aromatic rings. The van der Waals surface area contributed by atoms with Gasteiger partial charge in [-0.1, -0.05) is 70.5 Å². The first kappa shape index (κ1) is 21.0. The van der Waals surface area contributed by atoms with Crippen LogP contribution in [0.5, 0.6) is 5.75 Å². The number of hydrogen-bond acceptors (Lipinski definition) is 3. The van der Waals surface area contributed by atoms with Gasteiger partial charge in [0, 0.05) is 15.6 Å². The van der Waals surface area contributed by atoms with E-state index in [-0.39, 0.29) is 5.91 Å². The molecular weight excluding hydrogens is 478 g/mol. The Labute approximate surface area is 200 Å². The van der Waals surface area contributed by atoms with Crippen LogP contribution in [-0.2, 0) is 4.79 Å². The van der Waals surface area contributed by atoms with Crippen molar-refractivity contribution in [2.24, 2.45) is 0 Å². The molecule has 33 heavy (non-hydrogen) atoms. The van der Waals surface area contributed by atoms with Crippen LogP contribution in [0.1, 0.15) is 11.3 Å². The standard InChI is InChI=1S/C28H20BrNO3/c1-32-27-10-6-5-9-24(27)30-25(19-7-3-2-4-8-19)18-21(28(30)31)17-23-15-16-26(33-23)20-11-13-22(29)14-12-20/h2-18H,1H3/b21-17+. The molecule has 4 nitrogen and oxygen atoms in total. The van der Waals surface area contributed by atoms with Crippen LogP contribution in [0.15, 0.2) is 112 Å². The van der Waals surface area contributed by atoms with Gasteiger partial charge < -0.3 is 9.15 Å². The number of halogens is 1. The van der Waals surface area contributed by atoms with Crippen molar-refractivity contribution in [2.75, 3.05) is 12.0 Å². The molecule has 0 radical (unpaired) electrons. The van der Waals surface area contributed by atoms with Crippen LogP contribution >= 0.6 is 15.9 Å². The third-order valence-electron chi connectivity index (χ3n) is 5.43. The third kappa shape index (κ3) is 4.15. The zero-order chi connectivity index (χ0) is 22.8. The summed E-state index contributed by atoms with van der Waals surface area (Å²) < 4.78 is 12.6. The van der Waals surface area contributed by atoms with Gasteiger partial charge >= 0.3 is 0 Å². The highest BCUT2D eigenvalue weighted by molar-refractivity contribution is 9.10. The lowest BCUT2D eigenvalue weighted by atomic mass is 10.1. The number of furan rings is 1. The smallest absolute Gasteiger partial charge is 0.263 e. The summed E-state index contributed by atoms with van der Waals surface area (Å²) in [5, 5.41) is 0. The zero-order valence-electron chi connectivity index (χ0n) is 17.9. The Bertz CT molecular complexity index is 1370. The van der Waals surface area contributed by atoms with E-state index in [1.54, 1.807) is 18.1 Å². The van der Waals surface area contributed by atoms with Crippen LogP contribution in [0.25, 0.3) is 23.1 Å². The Balaban J connectivity index is 1.56. The average Bonchev–Trinajstić information content (AvgIpc) is 3.45. The number of nitrogens with zero attached hydrogens (tertiary/aromatic N) is 1. The van der Waals surface area contributed by atoms with Gasteiger partial charge in [-0.15, -0.1) is 0 Å². The number of anilines is 1. The van der Waals surface area contributed by atoms with Crippen LogP contribution in [0.4, 0.5) is 5.69 Å². The van der Waals surface area contributed by atoms with Crippen molar-refractivity contribution < 1.29 is 13.9 Å². The number of hydrogen-bond donors (Lipinski definition) is 0. The topological polar surface area (TPSA) is 42.7 Å². The maximum Gasteiger partial charge on any atom is 0.263 e. The third-order valence-corrected chi connectivity index (χ3v) is 5.96. The van der Waals surface area contributed by atoms with Gasteiger partial charge in [-0.05, 0) is 54.1 Å². The molecule has 5 rings (SSSR count). The summed E-state index contributed by atoms with van der Waals surface area (Å²) >= 11 is 3.45. The normalized spacial score (nSPS) is 14.6. The zero-order valence-corrected chi connectivity index (χ0v) is 19.5. The van der Waals surface area contributed by atoms with Crippen LogP contribution in [0, 0.1) is 0 Å². The molecule has 0 N–H and O–H groups in total. The molecule has 0 unspecified atom stereocenters. The van der Waals surface area contributed by atoms with E-state index in [4.69, 9.17) is 9.15 Å². The lowest BCUT2D eigenvalue weighted by molar-refractivity contribution is -0.113. The van der Waals surface area contributed by atoms with Crippen molar-refractivity contribution in [2.45, 2.75) is 0 Å². The van der Waals surface area contributed by atoms with Crippen LogP contribution in [0.3, 0.4) is 0 Å². The van der Waals surface area contributed by atoms with E-state index in [9.17, 15) is 4.79 Å². The number of benzene rings is 3. The lowest BCUT2D eigenvalue weighted by Gasteiger charge is -2.22. The number of amides is 1. The number of carbonyl (C=O) groups excluding carboxylic acids is 1. The van der Waals surface area contributed by atoms with Gasteiger partial charge in [0.15, 0.2) is 0 Å². The molecule has 162 valence electrons. The highest BCUT2D eigenvalue weighted by atomic mass is 79.9. The summed E-state index contributed by atoms with van der Waals surface area (Å²) in [5.41, 5.74) is 3.93. The van der Waals surface area contributed by atoms with Gasteiger partial charge in [0.05, 0.1) is 18.5 Å². The summed E-state index contributed by atoms with van der Waals surface area (Å²) in [6, 6.07) is 29.1. The molecule has 0 bridgehead atoms. The van der Waals surface area contributed by atoms with Crippen molar-refractivity contribution in [1.82, 2.24) is 0 Å². The Morgan fingerprint density at radius 2 is 1.58 bits per heavy atom. The predicted octanol–water partition coefficient (Wildman–Crippen LogP) is 7.19. The Kier molecular flexibility index (Phi) is 5.71. The lowest BCUT2D eigenvalue weighted by Crippen LogP contribution is -2.25. The fourth-order valence-corrected chi connectivity index (χ4v) is 4.11. The van der Waals surface area contributed by atoms with Gasteiger partial charge in [0.1, 0.15) is 17.3 Å². The van der Waals surface area contributed by atoms with Gasteiger partial charge in [0.2, 0.25) is 0 Å². The first-order valence-corrected chi connectivity index (χ1v) is 11.3. The van der Waals surface area contributed by atoms with Crippen molar-refractivity contribution in [3.63, 3.8) is 0 Å². The Morgan fingerprint density at radius 3 is 2.33 bits per heavy atom. The fourth-order valence-electron chi connectivity index (χ4n) is 3.84. The van der Waals surface area contributed by atoms with Crippen LogP contribution in [0.2, 0.25) is 0 Å². The second-order valence-corrected chi connectivity index (χ2v) is 8.43. The van der Waals surface area contributed by atoms with Crippen molar-refractivity contribution in [3.8, 4) is 17.1 Å². The SMILES string of the molecule is COc1ccccc1N1C(=O)/C(=C/c2ccc(-c3ccc(Br)cc3)o2)C=C1c1ccccc1. The van der Waals surface area contributed by atoms with E-state index in [0.29, 0.717) is 22.8 Å². The minimum atomic E-state index is -0.139. The molecule has 0 atom stereocenters. The van der Waals surface area contributed by atoms with E-state index in [1.165, 1.54) is 0 Å². The molecule has 0 aliphatic carbocycles. The van der Waals surface area contributed by atoms with Gasteiger partial charge in [-0.2, -0.15) is 0 Å². The van der Waals surface area contributed by atoms with Crippen molar-refractivity contribution in [3.05, 3.63) is 118 Å². The molecule has 1 aliphatic rings. The molecule has 5 heteroatoms. The fraction of sp³-hybridized carbons (Fsp3) is 0.0357. The number of ether oxygens (including phenoxy) is 1. The number of rotatable bonds is 5. The summed E-state index contributed by atoms with van der Waals surface area (Å²) in [4.78, 5) is 15.3. The largest absolute Gasteiger partial charge is 0.495 e. The van der Waals surface area contributed by atoms with Gasteiger partial charge in [-0.25, -0.2) is 0 Å². The minimum absolute atomic E-state index is 0.139. The first-order chi connectivity index (χ1) is 16.1. The quantitative estimate of drug-likeness (QED) is 0.274. The molecule has 0 fully saturated rings.